The molecule has 6 nitrogen and oxygen atoms in total. The number of likely N-dealkylation sites (tertiary alicyclic amines) is 1. The lowest BCUT2D eigenvalue weighted by molar-refractivity contribution is -0.139. The summed E-state index contributed by atoms with van der Waals surface area (Å²) in [6.45, 7) is 1.09. The number of ether oxygens (including phenoxy) is 1. The summed E-state index contributed by atoms with van der Waals surface area (Å²) < 4.78 is 7.31. The molecule has 2 aromatic carbocycles. The van der Waals surface area contributed by atoms with Crippen molar-refractivity contribution in [3.05, 3.63) is 64.8 Å². The monoisotopic (exact) mass is 402 g/mol. The van der Waals surface area contributed by atoms with Gasteiger partial charge in [0.05, 0.1) is 17.3 Å². The molecule has 0 aliphatic carbocycles. The molecule has 0 unspecified atom stereocenters. The number of hydrogen-bond acceptors (Lipinski definition) is 4. The number of nitrogens with zero attached hydrogens (tertiary/aromatic N) is 4. The molecule has 2 heterocycles. The largest absolute Gasteiger partial charge is 0.482 e. The van der Waals surface area contributed by atoms with Crippen LogP contribution in [-0.2, 0) is 4.79 Å². The maximum absolute atomic E-state index is 12.3. The van der Waals surface area contributed by atoms with Gasteiger partial charge in [-0.15, -0.1) is 5.10 Å². The van der Waals surface area contributed by atoms with Gasteiger partial charge in [-0.05, 0) is 18.2 Å². The molecule has 1 fully saturated rings. The fraction of sp³-hybridized carbons (Fsp3) is 0.211. The number of amides is 1. The highest BCUT2D eigenvalue weighted by Gasteiger charge is 2.33. The minimum absolute atomic E-state index is 0.0688. The van der Waals surface area contributed by atoms with Crippen molar-refractivity contribution in [1.82, 2.24) is 19.9 Å². The van der Waals surface area contributed by atoms with Gasteiger partial charge < -0.3 is 9.64 Å². The molecular weight excluding hydrogens is 387 g/mol. The zero-order valence-corrected chi connectivity index (χ0v) is 15.8. The minimum Gasteiger partial charge on any atom is -0.482 e. The Labute approximate surface area is 166 Å². The number of aromatic nitrogens is 3. The zero-order valence-electron chi connectivity index (χ0n) is 14.3. The summed E-state index contributed by atoms with van der Waals surface area (Å²) in [5, 5.41) is 9.30. The Hall–Kier alpha value is -2.57. The Morgan fingerprint density at radius 3 is 2.67 bits per heavy atom. The lowest BCUT2D eigenvalue weighted by atomic mass is 10.1. The fourth-order valence-corrected chi connectivity index (χ4v) is 3.31. The summed E-state index contributed by atoms with van der Waals surface area (Å²) in [5.41, 5.74) is 1.84. The molecular formula is C19H16Cl2N4O2. The number of halogens is 2. The van der Waals surface area contributed by atoms with Crippen LogP contribution < -0.4 is 4.74 Å². The van der Waals surface area contributed by atoms with Crippen LogP contribution in [0.2, 0.25) is 10.0 Å². The van der Waals surface area contributed by atoms with E-state index in [0.717, 1.165) is 11.3 Å². The van der Waals surface area contributed by atoms with E-state index in [1.807, 2.05) is 41.2 Å². The molecule has 0 spiro atoms. The van der Waals surface area contributed by atoms with Crippen molar-refractivity contribution in [1.29, 1.82) is 0 Å². The Morgan fingerprint density at radius 1 is 1.15 bits per heavy atom. The molecule has 0 bridgehead atoms. The topological polar surface area (TPSA) is 60.2 Å². The molecule has 3 aromatic rings. The fourth-order valence-electron chi connectivity index (χ4n) is 2.85. The Kier molecular flexibility index (Phi) is 5.01. The van der Waals surface area contributed by atoms with Crippen LogP contribution in [0, 0.1) is 0 Å². The highest BCUT2D eigenvalue weighted by molar-refractivity contribution is 6.35. The van der Waals surface area contributed by atoms with Crippen molar-refractivity contribution in [3.63, 3.8) is 0 Å². The summed E-state index contributed by atoms with van der Waals surface area (Å²) in [6, 6.07) is 14.9. The number of rotatable bonds is 5. The first-order chi connectivity index (χ1) is 13.1. The van der Waals surface area contributed by atoms with Crippen LogP contribution in [0.15, 0.2) is 54.7 Å². The lowest BCUT2D eigenvalue weighted by Crippen LogP contribution is -2.52. The van der Waals surface area contributed by atoms with E-state index in [4.69, 9.17) is 27.9 Å². The van der Waals surface area contributed by atoms with Gasteiger partial charge in [0.1, 0.15) is 11.4 Å². The second kappa shape index (κ2) is 7.58. The van der Waals surface area contributed by atoms with Crippen LogP contribution in [0.4, 0.5) is 0 Å². The molecule has 1 aromatic heterocycles. The summed E-state index contributed by atoms with van der Waals surface area (Å²) in [4.78, 5) is 14.0. The third-order valence-electron chi connectivity index (χ3n) is 4.41. The molecule has 138 valence electrons. The summed E-state index contributed by atoms with van der Waals surface area (Å²) >= 11 is 11.9. The van der Waals surface area contributed by atoms with Crippen molar-refractivity contribution in [2.24, 2.45) is 0 Å². The maximum Gasteiger partial charge on any atom is 0.260 e. The van der Waals surface area contributed by atoms with E-state index in [9.17, 15) is 4.79 Å². The van der Waals surface area contributed by atoms with Gasteiger partial charge in [-0.25, -0.2) is 4.68 Å². The van der Waals surface area contributed by atoms with Crippen LogP contribution in [-0.4, -0.2) is 45.5 Å². The Bertz CT molecular complexity index is 955. The number of hydrogen-bond donors (Lipinski definition) is 0. The summed E-state index contributed by atoms with van der Waals surface area (Å²) in [5.74, 6) is 0.343. The molecule has 0 radical (unpaired) electrons. The molecule has 1 aliphatic heterocycles. The van der Waals surface area contributed by atoms with Crippen molar-refractivity contribution in [2.45, 2.75) is 6.04 Å². The standard InChI is InChI=1S/C19H16Cl2N4O2/c20-14-6-7-18(16(21)8-14)27-12-19(26)24-9-15(10-24)25-11-17(22-23-25)13-4-2-1-3-5-13/h1-8,11,15H,9-10,12H2. The molecule has 27 heavy (non-hydrogen) atoms. The van der Waals surface area contributed by atoms with Gasteiger partial charge >= 0.3 is 0 Å². The van der Waals surface area contributed by atoms with Gasteiger partial charge in [-0.3, -0.25) is 4.79 Å². The highest BCUT2D eigenvalue weighted by Crippen LogP contribution is 2.28. The van der Waals surface area contributed by atoms with E-state index in [2.05, 4.69) is 10.3 Å². The SMILES string of the molecule is O=C(COc1ccc(Cl)cc1Cl)N1CC(n2cc(-c3ccccc3)nn2)C1. The number of carbonyl (C=O) groups excluding carboxylic acids is 1. The van der Waals surface area contributed by atoms with Crippen LogP contribution in [0.25, 0.3) is 11.3 Å². The van der Waals surface area contributed by atoms with Gasteiger partial charge in [0.2, 0.25) is 0 Å². The Balaban J connectivity index is 1.30. The number of benzene rings is 2. The molecule has 1 saturated heterocycles. The number of carbonyl (C=O) groups is 1. The zero-order chi connectivity index (χ0) is 18.8. The first-order valence-electron chi connectivity index (χ1n) is 8.43. The molecule has 1 aliphatic rings. The Morgan fingerprint density at radius 2 is 1.93 bits per heavy atom. The second-order valence-corrected chi connectivity index (χ2v) is 7.11. The molecule has 0 atom stereocenters. The van der Waals surface area contributed by atoms with Crippen LogP contribution in [0.1, 0.15) is 6.04 Å². The first kappa shape index (κ1) is 17.8. The summed E-state index contributed by atoms with van der Waals surface area (Å²) in [6.07, 6.45) is 1.91. The van der Waals surface area contributed by atoms with Crippen LogP contribution in [0.5, 0.6) is 5.75 Å². The highest BCUT2D eigenvalue weighted by atomic mass is 35.5. The predicted molar refractivity (Wildman–Crippen MR) is 103 cm³/mol. The van der Waals surface area contributed by atoms with Crippen molar-refractivity contribution in [2.75, 3.05) is 19.7 Å². The van der Waals surface area contributed by atoms with Crippen molar-refractivity contribution < 1.29 is 9.53 Å². The lowest BCUT2D eigenvalue weighted by Gasteiger charge is -2.38. The average molecular weight is 403 g/mol. The minimum atomic E-state index is -0.0966. The van der Waals surface area contributed by atoms with Gasteiger partial charge in [0.25, 0.3) is 5.91 Å². The molecule has 1 amide bonds. The van der Waals surface area contributed by atoms with Crippen LogP contribution in [0.3, 0.4) is 0 Å². The average Bonchev–Trinajstić information content (AvgIpc) is 3.10. The predicted octanol–water partition coefficient (Wildman–Crippen LogP) is 3.71. The van der Waals surface area contributed by atoms with E-state index in [1.165, 1.54) is 0 Å². The van der Waals surface area contributed by atoms with E-state index in [-0.39, 0.29) is 18.6 Å². The van der Waals surface area contributed by atoms with E-state index in [0.29, 0.717) is 28.9 Å². The molecule has 0 N–H and O–H groups in total. The molecule has 8 heteroatoms. The van der Waals surface area contributed by atoms with Crippen molar-refractivity contribution in [3.8, 4) is 17.0 Å². The second-order valence-electron chi connectivity index (χ2n) is 6.27. The molecule has 0 saturated carbocycles. The van der Waals surface area contributed by atoms with Gasteiger partial charge in [-0.1, -0.05) is 58.7 Å². The van der Waals surface area contributed by atoms with Gasteiger partial charge in [-0.2, -0.15) is 0 Å². The smallest absolute Gasteiger partial charge is 0.260 e. The van der Waals surface area contributed by atoms with E-state index >= 15 is 0 Å². The van der Waals surface area contributed by atoms with Gasteiger partial charge in [0.15, 0.2) is 6.61 Å². The summed E-state index contributed by atoms with van der Waals surface area (Å²) in [7, 11) is 0. The van der Waals surface area contributed by atoms with E-state index in [1.54, 1.807) is 23.1 Å². The molecule has 4 rings (SSSR count). The first-order valence-corrected chi connectivity index (χ1v) is 9.18. The normalized spacial score (nSPS) is 14.1. The third-order valence-corrected chi connectivity index (χ3v) is 4.94. The van der Waals surface area contributed by atoms with Crippen molar-refractivity contribution >= 4 is 29.1 Å². The third kappa shape index (κ3) is 3.91. The van der Waals surface area contributed by atoms with Crippen LogP contribution >= 0.6 is 23.2 Å². The van der Waals surface area contributed by atoms with E-state index < -0.39 is 0 Å². The van der Waals surface area contributed by atoms with Gasteiger partial charge in [0, 0.05) is 23.7 Å². The quantitative estimate of drug-likeness (QED) is 0.652. The maximum atomic E-state index is 12.3.